The molecule has 0 amide bonds. The Labute approximate surface area is 159 Å². The molecule has 2 aromatic carbocycles. The van der Waals surface area contributed by atoms with Crippen molar-refractivity contribution in [1.82, 2.24) is 10.2 Å². The van der Waals surface area contributed by atoms with Gasteiger partial charge in [-0.05, 0) is 54.5 Å². The van der Waals surface area contributed by atoms with Crippen molar-refractivity contribution < 1.29 is 4.74 Å². The number of nitrogens with one attached hydrogen (secondary N) is 1. The Balaban J connectivity index is 1.79. The second-order valence-electron chi connectivity index (χ2n) is 7.13. The molecule has 5 nitrogen and oxygen atoms in total. The van der Waals surface area contributed by atoms with Gasteiger partial charge in [-0.1, -0.05) is 30.3 Å². The van der Waals surface area contributed by atoms with Crippen LogP contribution in [-0.2, 0) is 11.3 Å². The molecule has 0 unspecified atom stereocenters. The second-order valence-corrected chi connectivity index (χ2v) is 7.13. The van der Waals surface area contributed by atoms with E-state index < -0.39 is 0 Å². The smallest absolute Gasteiger partial charge is 0.186 e. The van der Waals surface area contributed by atoms with Gasteiger partial charge in [-0.2, -0.15) is 5.26 Å². The Morgan fingerprint density at radius 2 is 2.04 bits per heavy atom. The summed E-state index contributed by atoms with van der Waals surface area (Å²) in [6.45, 7) is 2.72. The number of hydrogen-bond acceptors (Lipinski definition) is 5. The molecule has 0 saturated heterocycles. The number of nitriles is 1. The summed E-state index contributed by atoms with van der Waals surface area (Å²) in [5, 5.41) is 22.4. The summed E-state index contributed by atoms with van der Waals surface area (Å²) in [6, 6.07) is 16.8. The highest BCUT2D eigenvalue weighted by atomic mass is 16.5. The van der Waals surface area contributed by atoms with Gasteiger partial charge in [-0.3, -0.25) is 0 Å². The van der Waals surface area contributed by atoms with Gasteiger partial charge in [0.25, 0.3) is 0 Å². The minimum atomic E-state index is 0.326. The molecule has 0 bridgehead atoms. The Hall–Kier alpha value is -2.97. The molecule has 0 aliphatic heterocycles. The van der Waals surface area contributed by atoms with E-state index in [0.717, 1.165) is 33.3 Å². The molecule has 1 aliphatic carbocycles. The van der Waals surface area contributed by atoms with E-state index in [1.807, 2.05) is 24.3 Å². The fourth-order valence-corrected chi connectivity index (χ4v) is 3.52. The third-order valence-corrected chi connectivity index (χ3v) is 5.20. The summed E-state index contributed by atoms with van der Waals surface area (Å²) in [5.41, 5.74) is 5.23. The quantitative estimate of drug-likeness (QED) is 0.701. The number of aromatic nitrogens is 2. The molecule has 3 aromatic rings. The highest BCUT2D eigenvalue weighted by Gasteiger charge is 2.29. The predicted molar refractivity (Wildman–Crippen MR) is 106 cm³/mol. The van der Waals surface area contributed by atoms with Crippen LogP contribution in [0.3, 0.4) is 0 Å². The number of methoxy groups -OCH3 is 1. The topological polar surface area (TPSA) is 70.8 Å². The lowest BCUT2D eigenvalue weighted by molar-refractivity contribution is 0.185. The van der Waals surface area contributed by atoms with Crippen molar-refractivity contribution >= 4 is 16.6 Å². The Kier molecular flexibility index (Phi) is 4.74. The average Bonchev–Trinajstić information content (AvgIpc) is 3.54. The van der Waals surface area contributed by atoms with Gasteiger partial charge in [0.1, 0.15) is 6.07 Å². The van der Waals surface area contributed by atoms with Gasteiger partial charge in [0, 0.05) is 18.5 Å². The molecule has 27 heavy (non-hydrogen) atoms. The van der Waals surface area contributed by atoms with E-state index in [1.54, 1.807) is 7.11 Å². The Bertz CT molecular complexity index is 1020. The highest BCUT2D eigenvalue weighted by Crippen LogP contribution is 2.36. The second kappa shape index (κ2) is 7.34. The zero-order valence-electron chi connectivity index (χ0n) is 15.6. The van der Waals surface area contributed by atoms with Crippen molar-refractivity contribution in [3.05, 3.63) is 53.7 Å². The van der Waals surface area contributed by atoms with Crippen LogP contribution in [0.5, 0.6) is 0 Å². The van der Waals surface area contributed by atoms with E-state index in [2.05, 4.69) is 46.7 Å². The summed E-state index contributed by atoms with van der Waals surface area (Å²) in [6.07, 6.45) is 2.49. The molecule has 1 saturated carbocycles. The van der Waals surface area contributed by atoms with Gasteiger partial charge < -0.3 is 10.1 Å². The lowest BCUT2D eigenvalue weighted by Crippen LogP contribution is -2.19. The monoisotopic (exact) mass is 358 g/mol. The maximum atomic E-state index is 9.47. The highest BCUT2D eigenvalue weighted by molar-refractivity contribution is 5.95. The van der Waals surface area contributed by atoms with Crippen LogP contribution < -0.4 is 5.32 Å². The molecule has 0 spiro atoms. The molecule has 1 aromatic heterocycles. The lowest BCUT2D eigenvalue weighted by atomic mass is 9.98. The molecule has 1 fully saturated rings. The van der Waals surface area contributed by atoms with Gasteiger partial charge in [0.15, 0.2) is 5.69 Å². The summed E-state index contributed by atoms with van der Waals surface area (Å²) >= 11 is 0. The number of nitrogens with zero attached hydrogens (tertiary/aromatic N) is 3. The molecule has 1 aliphatic rings. The van der Waals surface area contributed by atoms with Crippen LogP contribution in [0.15, 0.2) is 42.5 Å². The SMILES string of the molecule is COCc1ccccc1-c1ccc2c(N[C@H](C)C3CC3)c(C#N)nnc2c1. The molecular formula is C22H22N4O. The summed E-state index contributed by atoms with van der Waals surface area (Å²) in [5.74, 6) is 0.681. The number of ether oxygens (including phenoxy) is 1. The van der Waals surface area contributed by atoms with Gasteiger partial charge in [-0.15, -0.1) is 10.2 Å². The van der Waals surface area contributed by atoms with Crippen LogP contribution in [-0.4, -0.2) is 23.3 Å². The van der Waals surface area contributed by atoms with Crippen LogP contribution in [0.4, 0.5) is 5.69 Å². The third-order valence-electron chi connectivity index (χ3n) is 5.20. The van der Waals surface area contributed by atoms with Crippen LogP contribution in [0.25, 0.3) is 22.0 Å². The summed E-state index contributed by atoms with van der Waals surface area (Å²) < 4.78 is 5.32. The molecule has 1 heterocycles. The summed E-state index contributed by atoms with van der Waals surface area (Å²) in [7, 11) is 1.70. The number of hydrogen-bond donors (Lipinski definition) is 1. The van der Waals surface area contributed by atoms with Gasteiger partial charge >= 0.3 is 0 Å². The normalized spacial score (nSPS) is 14.7. The number of anilines is 1. The molecule has 1 atom stereocenters. The minimum Gasteiger partial charge on any atom is -0.380 e. The summed E-state index contributed by atoms with van der Waals surface area (Å²) in [4.78, 5) is 0. The van der Waals surface area contributed by atoms with Crippen LogP contribution in [0, 0.1) is 17.2 Å². The fourth-order valence-electron chi connectivity index (χ4n) is 3.52. The predicted octanol–water partition coefficient (Wildman–Crippen LogP) is 4.53. The molecular weight excluding hydrogens is 336 g/mol. The molecule has 1 N–H and O–H groups in total. The van der Waals surface area contributed by atoms with E-state index in [9.17, 15) is 5.26 Å². The van der Waals surface area contributed by atoms with Gasteiger partial charge in [0.05, 0.1) is 17.8 Å². The zero-order valence-corrected chi connectivity index (χ0v) is 15.6. The zero-order chi connectivity index (χ0) is 18.8. The lowest BCUT2D eigenvalue weighted by Gasteiger charge is -2.17. The van der Waals surface area contributed by atoms with Crippen molar-refractivity contribution in [2.24, 2.45) is 5.92 Å². The van der Waals surface area contributed by atoms with E-state index in [0.29, 0.717) is 24.3 Å². The van der Waals surface area contributed by atoms with Crippen molar-refractivity contribution in [1.29, 1.82) is 5.26 Å². The maximum absolute atomic E-state index is 9.47. The van der Waals surface area contributed by atoms with Crippen molar-refractivity contribution in [2.75, 3.05) is 12.4 Å². The van der Waals surface area contributed by atoms with Crippen molar-refractivity contribution in [3.63, 3.8) is 0 Å². The standard InChI is InChI=1S/C22H22N4O/c1-14(15-7-8-15)24-22-19-10-9-16(11-20(19)25-26-21(22)12-23)18-6-4-3-5-17(18)13-27-2/h3-6,9-11,14-15H,7-8,13H2,1-2H3,(H,24,25)/t14-/m1/s1. The van der Waals surface area contributed by atoms with Gasteiger partial charge in [0.2, 0.25) is 0 Å². The van der Waals surface area contributed by atoms with E-state index in [4.69, 9.17) is 4.74 Å². The van der Waals surface area contributed by atoms with E-state index in [-0.39, 0.29) is 0 Å². The minimum absolute atomic E-state index is 0.326. The average molecular weight is 358 g/mol. The van der Waals surface area contributed by atoms with Crippen LogP contribution in [0.2, 0.25) is 0 Å². The first kappa shape index (κ1) is 17.4. The van der Waals surface area contributed by atoms with E-state index >= 15 is 0 Å². The third kappa shape index (κ3) is 3.49. The molecule has 4 rings (SSSR count). The maximum Gasteiger partial charge on any atom is 0.186 e. The van der Waals surface area contributed by atoms with Gasteiger partial charge in [-0.25, -0.2) is 0 Å². The molecule has 136 valence electrons. The largest absolute Gasteiger partial charge is 0.380 e. The first-order valence-electron chi connectivity index (χ1n) is 9.25. The Morgan fingerprint density at radius 1 is 1.22 bits per heavy atom. The Morgan fingerprint density at radius 3 is 2.78 bits per heavy atom. The molecule has 0 radical (unpaired) electrons. The first-order valence-corrected chi connectivity index (χ1v) is 9.25. The first-order chi connectivity index (χ1) is 13.2. The van der Waals surface area contributed by atoms with E-state index in [1.165, 1.54) is 12.8 Å². The molecule has 5 heteroatoms. The van der Waals surface area contributed by atoms with Crippen LogP contribution >= 0.6 is 0 Å². The van der Waals surface area contributed by atoms with Crippen molar-refractivity contribution in [2.45, 2.75) is 32.4 Å². The van der Waals surface area contributed by atoms with Crippen molar-refractivity contribution in [3.8, 4) is 17.2 Å². The number of fused-ring (bicyclic) bond motifs is 1. The number of benzene rings is 2. The fraction of sp³-hybridized carbons (Fsp3) is 0.318. The number of rotatable bonds is 6. The van der Waals surface area contributed by atoms with Crippen LogP contribution in [0.1, 0.15) is 31.0 Å².